The van der Waals surface area contributed by atoms with Crippen molar-refractivity contribution in [2.24, 2.45) is 0 Å². The van der Waals surface area contributed by atoms with Gasteiger partial charge < -0.3 is 5.11 Å². The van der Waals surface area contributed by atoms with Gasteiger partial charge in [-0.1, -0.05) is 36.9 Å². The van der Waals surface area contributed by atoms with Gasteiger partial charge in [0.1, 0.15) is 0 Å². The molecule has 0 radical (unpaired) electrons. The molecule has 3 heterocycles. The van der Waals surface area contributed by atoms with E-state index in [0.29, 0.717) is 12.1 Å². The SMILES string of the molecule is C=Cn1cc(CN2C[C@@H]3C[C@@H](O)CN3C[C@H]2Cc2ccccc2)c(C)n1. The highest BCUT2D eigenvalue weighted by Gasteiger charge is 2.39. The summed E-state index contributed by atoms with van der Waals surface area (Å²) in [6.07, 6.45) is 5.57. The molecule has 1 N–H and O–H groups in total. The van der Waals surface area contributed by atoms with Crippen molar-refractivity contribution in [2.75, 3.05) is 19.6 Å². The molecule has 0 saturated carbocycles. The first-order chi connectivity index (χ1) is 12.6. The van der Waals surface area contributed by atoms with Crippen LogP contribution >= 0.6 is 0 Å². The van der Waals surface area contributed by atoms with E-state index in [1.165, 1.54) is 11.1 Å². The zero-order chi connectivity index (χ0) is 18.1. The van der Waals surface area contributed by atoms with Gasteiger partial charge in [-0.2, -0.15) is 5.10 Å². The molecule has 0 aliphatic carbocycles. The molecule has 0 unspecified atom stereocenters. The van der Waals surface area contributed by atoms with E-state index in [4.69, 9.17) is 0 Å². The van der Waals surface area contributed by atoms with E-state index in [1.54, 1.807) is 10.9 Å². The van der Waals surface area contributed by atoms with Gasteiger partial charge in [-0.15, -0.1) is 0 Å². The van der Waals surface area contributed by atoms with Crippen LogP contribution in [-0.2, 0) is 13.0 Å². The molecular weight excluding hydrogens is 324 g/mol. The van der Waals surface area contributed by atoms with Gasteiger partial charge in [0.25, 0.3) is 0 Å². The molecule has 5 heteroatoms. The molecule has 3 atom stereocenters. The smallest absolute Gasteiger partial charge is 0.0682 e. The Balaban J connectivity index is 1.55. The molecule has 4 rings (SSSR count). The molecule has 5 nitrogen and oxygen atoms in total. The molecule has 2 fully saturated rings. The number of rotatable bonds is 5. The van der Waals surface area contributed by atoms with Crippen molar-refractivity contribution in [3.63, 3.8) is 0 Å². The summed E-state index contributed by atoms with van der Waals surface area (Å²) < 4.78 is 1.80. The van der Waals surface area contributed by atoms with E-state index >= 15 is 0 Å². The maximum absolute atomic E-state index is 10.1. The molecule has 2 aromatic rings. The summed E-state index contributed by atoms with van der Waals surface area (Å²) in [5.74, 6) is 0. The summed E-state index contributed by atoms with van der Waals surface area (Å²) in [6.45, 7) is 9.62. The van der Waals surface area contributed by atoms with Crippen LogP contribution in [0, 0.1) is 6.92 Å². The number of fused-ring (bicyclic) bond motifs is 1. The fourth-order valence-electron chi connectivity index (χ4n) is 4.44. The zero-order valence-corrected chi connectivity index (χ0v) is 15.5. The van der Waals surface area contributed by atoms with Crippen molar-refractivity contribution < 1.29 is 5.11 Å². The number of aliphatic hydroxyl groups excluding tert-OH is 1. The number of aromatic nitrogens is 2. The van der Waals surface area contributed by atoms with Gasteiger partial charge in [-0.25, -0.2) is 4.68 Å². The Hall–Kier alpha value is -1.95. The van der Waals surface area contributed by atoms with Gasteiger partial charge >= 0.3 is 0 Å². The number of aliphatic hydroxyl groups is 1. The summed E-state index contributed by atoms with van der Waals surface area (Å²) >= 11 is 0. The molecule has 1 aromatic carbocycles. The number of aryl methyl sites for hydroxylation is 1. The highest BCUT2D eigenvalue weighted by atomic mass is 16.3. The Labute approximate surface area is 155 Å². The highest BCUT2D eigenvalue weighted by Crippen LogP contribution is 2.28. The lowest BCUT2D eigenvalue weighted by Gasteiger charge is -2.43. The van der Waals surface area contributed by atoms with E-state index in [9.17, 15) is 5.11 Å². The predicted octanol–water partition coefficient (Wildman–Crippen LogP) is 2.15. The second kappa shape index (κ2) is 7.35. The average Bonchev–Trinajstić information content (AvgIpc) is 3.17. The largest absolute Gasteiger partial charge is 0.392 e. The lowest BCUT2D eigenvalue weighted by Crippen LogP contribution is -2.56. The van der Waals surface area contributed by atoms with Crippen LogP contribution in [0.15, 0.2) is 43.1 Å². The summed E-state index contributed by atoms with van der Waals surface area (Å²) in [6, 6.07) is 11.6. The third kappa shape index (κ3) is 3.61. The maximum Gasteiger partial charge on any atom is 0.0682 e. The summed E-state index contributed by atoms with van der Waals surface area (Å²) in [5, 5.41) is 14.6. The van der Waals surface area contributed by atoms with E-state index in [-0.39, 0.29) is 6.10 Å². The van der Waals surface area contributed by atoms with Crippen LogP contribution in [-0.4, -0.2) is 62.5 Å². The first kappa shape index (κ1) is 17.5. The second-order valence-electron chi connectivity index (χ2n) is 7.67. The molecule has 2 saturated heterocycles. The van der Waals surface area contributed by atoms with E-state index < -0.39 is 0 Å². The molecule has 0 bridgehead atoms. The number of hydrogen-bond donors (Lipinski definition) is 1. The number of hydrogen-bond acceptors (Lipinski definition) is 4. The third-order valence-electron chi connectivity index (χ3n) is 5.81. The molecular formula is C21H28N4O. The Morgan fingerprint density at radius 1 is 1.23 bits per heavy atom. The minimum Gasteiger partial charge on any atom is -0.392 e. The van der Waals surface area contributed by atoms with Gasteiger partial charge in [0.2, 0.25) is 0 Å². The number of nitrogens with zero attached hydrogens (tertiary/aromatic N) is 4. The predicted molar refractivity (Wildman–Crippen MR) is 104 cm³/mol. The van der Waals surface area contributed by atoms with Crippen molar-refractivity contribution >= 4 is 6.20 Å². The molecule has 2 aliphatic rings. The fraction of sp³-hybridized carbons (Fsp3) is 0.476. The van der Waals surface area contributed by atoms with Crippen LogP contribution in [0.2, 0.25) is 0 Å². The van der Waals surface area contributed by atoms with Gasteiger partial charge in [0, 0.05) is 56.2 Å². The standard InChI is InChI=1S/C21H28N4O/c1-3-25-12-18(16(2)22-25)11-23-14-20-10-21(26)15-24(20)13-19(23)9-17-7-5-4-6-8-17/h3-8,12,19-21,26H,1,9-11,13-15H2,2H3/t19-,20+,21-/m1/s1. The second-order valence-corrected chi connectivity index (χ2v) is 7.67. The Bertz CT molecular complexity index is 757. The average molecular weight is 352 g/mol. The minimum atomic E-state index is -0.178. The Morgan fingerprint density at radius 2 is 2.04 bits per heavy atom. The lowest BCUT2D eigenvalue weighted by molar-refractivity contribution is 0.0444. The van der Waals surface area contributed by atoms with Crippen LogP contribution in [0.4, 0.5) is 0 Å². The van der Waals surface area contributed by atoms with Crippen LogP contribution in [0.5, 0.6) is 0 Å². The van der Waals surface area contributed by atoms with Crippen molar-refractivity contribution in [1.29, 1.82) is 0 Å². The molecule has 26 heavy (non-hydrogen) atoms. The maximum atomic E-state index is 10.1. The van der Waals surface area contributed by atoms with Gasteiger partial charge in [-0.05, 0) is 25.3 Å². The molecule has 0 amide bonds. The van der Waals surface area contributed by atoms with E-state index in [0.717, 1.165) is 44.7 Å². The monoisotopic (exact) mass is 352 g/mol. The lowest BCUT2D eigenvalue weighted by atomic mass is 9.99. The normalized spacial score (nSPS) is 26.8. The zero-order valence-electron chi connectivity index (χ0n) is 15.5. The topological polar surface area (TPSA) is 44.5 Å². The molecule has 1 aromatic heterocycles. The summed E-state index contributed by atoms with van der Waals surface area (Å²) in [5.41, 5.74) is 3.70. The number of benzene rings is 1. The first-order valence-corrected chi connectivity index (χ1v) is 9.49. The van der Waals surface area contributed by atoms with Crippen molar-refractivity contribution in [3.8, 4) is 0 Å². The molecule has 0 spiro atoms. The van der Waals surface area contributed by atoms with E-state index in [2.05, 4.69) is 64.9 Å². The molecule has 2 aliphatic heterocycles. The van der Waals surface area contributed by atoms with Crippen molar-refractivity contribution in [1.82, 2.24) is 19.6 Å². The highest BCUT2D eigenvalue weighted by molar-refractivity contribution is 5.24. The fourth-order valence-corrected chi connectivity index (χ4v) is 4.44. The van der Waals surface area contributed by atoms with Crippen molar-refractivity contribution in [2.45, 2.75) is 44.5 Å². The van der Waals surface area contributed by atoms with Gasteiger partial charge in [0.05, 0.1) is 11.8 Å². The first-order valence-electron chi connectivity index (χ1n) is 9.49. The van der Waals surface area contributed by atoms with Crippen LogP contribution in [0.25, 0.3) is 6.20 Å². The van der Waals surface area contributed by atoms with Gasteiger partial charge in [-0.3, -0.25) is 9.80 Å². The Morgan fingerprint density at radius 3 is 2.77 bits per heavy atom. The Kier molecular flexibility index (Phi) is 4.94. The van der Waals surface area contributed by atoms with Crippen LogP contribution < -0.4 is 0 Å². The summed E-state index contributed by atoms with van der Waals surface area (Å²) in [4.78, 5) is 5.07. The van der Waals surface area contributed by atoms with Gasteiger partial charge in [0.15, 0.2) is 0 Å². The minimum absolute atomic E-state index is 0.178. The van der Waals surface area contributed by atoms with Crippen LogP contribution in [0.3, 0.4) is 0 Å². The van der Waals surface area contributed by atoms with Crippen molar-refractivity contribution in [3.05, 3.63) is 59.9 Å². The molecule has 138 valence electrons. The van der Waals surface area contributed by atoms with E-state index in [1.807, 2.05) is 0 Å². The summed E-state index contributed by atoms with van der Waals surface area (Å²) in [7, 11) is 0. The quantitative estimate of drug-likeness (QED) is 0.896. The van der Waals surface area contributed by atoms with Crippen LogP contribution in [0.1, 0.15) is 23.2 Å². The number of piperazine rings is 1. The third-order valence-corrected chi connectivity index (χ3v) is 5.81.